The smallest absolute Gasteiger partial charge is 0.294 e. The molecule has 0 saturated heterocycles. The molecule has 0 radical (unpaired) electrons. The summed E-state index contributed by atoms with van der Waals surface area (Å²) in [5.74, 6) is -0.252. The van der Waals surface area contributed by atoms with Crippen LogP contribution in [0.2, 0.25) is 0 Å². The van der Waals surface area contributed by atoms with Crippen molar-refractivity contribution in [2.75, 3.05) is 0 Å². The molecule has 84 valence electrons. The number of nitrogens with zero attached hydrogens (tertiary/aromatic N) is 1. The van der Waals surface area contributed by atoms with Crippen molar-refractivity contribution in [3.8, 4) is 0 Å². The van der Waals surface area contributed by atoms with Crippen molar-refractivity contribution >= 4 is 0 Å². The molecule has 5 heteroatoms. The third kappa shape index (κ3) is 1.15. The zero-order valence-electron chi connectivity index (χ0n) is 8.45. The van der Waals surface area contributed by atoms with Gasteiger partial charge in [0, 0.05) is 11.8 Å². The summed E-state index contributed by atoms with van der Waals surface area (Å²) >= 11 is 0. The lowest BCUT2D eigenvalue weighted by atomic mass is 9.90. The molecule has 2 bridgehead atoms. The van der Waals surface area contributed by atoms with Crippen molar-refractivity contribution in [1.82, 2.24) is 0 Å². The minimum atomic E-state index is -0.763. The van der Waals surface area contributed by atoms with Crippen LogP contribution in [-0.2, 0) is 4.84 Å². The van der Waals surface area contributed by atoms with Crippen molar-refractivity contribution in [2.45, 2.75) is 30.5 Å². The molecule has 1 N–H and O–H groups in total. The predicted octanol–water partition coefficient (Wildman–Crippen LogP) is 1.21. The van der Waals surface area contributed by atoms with E-state index in [1.807, 2.05) is 24.3 Å². The summed E-state index contributed by atoms with van der Waals surface area (Å²) in [6.07, 6.45) is -0.503. The summed E-state index contributed by atoms with van der Waals surface area (Å²) in [7, 11) is 0. The SMILES string of the molecule is O=[N+]([O-])O[C@H]1C[C@@H]2c3ccccc3[C@H]1[C@@H]2O. The molecule has 2 aliphatic rings. The summed E-state index contributed by atoms with van der Waals surface area (Å²) in [5, 5.41) is 19.6. The molecule has 0 aliphatic heterocycles. The summed E-state index contributed by atoms with van der Waals surface area (Å²) in [6.45, 7) is 0. The maximum atomic E-state index is 10.4. The van der Waals surface area contributed by atoms with Crippen LogP contribution in [-0.4, -0.2) is 22.4 Å². The van der Waals surface area contributed by atoms with Crippen molar-refractivity contribution in [2.24, 2.45) is 0 Å². The molecule has 3 rings (SSSR count). The first kappa shape index (κ1) is 9.59. The van der Waals surface area contributed by atoms with E-state index in [9.17, 15) is 15.2 Å². The van der Waals surface area contributed by atoms with Crippen LogP contribution in [0.25, 0.3) is 0 Å². The number of rotatable bonds is 2. The number of aliphatic hydroxyl groups is 1. The van der Waals surface area contributed by atoms with Crippen LogP contribution in [0.1, 0.15) is 29.4 Å². The highest BCUT2D eigenvalue weighted by atomic mass is 17.0. The van der Waals surface area contributed by atoms with Crippen LogP contribution in [0.4, 0.5) is 0 Å². The van der Waals surface area contributed by atoms with E-state index in [0.717, 1.165) is 11.1 Å². The van der Waals surface area contributed by atoms with Gasteiger partial charge in [-0.3, -0.25) is 0 Å². The van der Waals surface area contributed by atoms with Crippen LogP contribution >= 0.6 is 0 Å². The molecule has 1 fully saturated rings. The van der Waals surface area contributed by atoms with Gasteiger partial charge in [0.15, 0.2) is 0 Å². The lowest BCUT2D eigenvalue weighted by molar-refractivity contribution is -0.769. The zero-order valence-corrected chi connectivity index (χ0v) is 8.45. The monoisotopic (exact) mass is 221 g/mol. The molecule has 4 atom stereocenters. The number of hydrogen-bond acceptors (Lipinski definition) is 4. The topological polar surface area (TPSA) is 72.6 Å². The van der Waals surface area contributed by atoms with E-state index in [-0.39, 0.29) is 11.8 Å². The molecule has 0 heterocycles. The van der Waals surface area contributed by atoms with Gasteiger partial charge in [0.05, 0.1) is 6.10 Å². The maximum absolute atomic E-state index is 10.4. The fourth-order valence-corrected chi connectivity index (χ4v) is 3.07. The second-order valence-electron chi connectivity index (χ2n) is 4.35. The number of fused-ring (bicyclic) bond motifs is 5. The Morgan fingerprint density at radius 1 is 1.38 bits per heavy atom. The van der Waals surface area contributed by atoms with E-state index in [1.54, 1.807) is 0 Å². The molecular weight excluding hydrogens is 210 g/mol. The highest BCUT2D eigenvalue weighted by Crippen LogP contribution is 2.53. The maximum Gasteiger partial charge on any atom is 0.294 e. The van der Waals surface area contributed by atoms with E-state index in [2.05, 4.69) is 4.84 Å². The molecule has 1 aromatic carbocycles. The van der Waals surface area contributed by atoms with Gasteiger partial charge in [-0.25, -0.2) is 0 Å². The first-order valence-corrected chi connectivity index (χ1v) is 5.26. The van der Waals surface area contributed by atoms with E-state index < -0.39 is 17.3 Å². The first-order chi connectivity index (χ1) is 7.68. The van der Waals surface area contributed by atoms with E-state index in [4.69, 9.17) is 0 Å². The van der Waals surface area contributed by atoms with E-state index in [1.165, 1.54) is 0 Å². The first-order valence-electron chi connectivity index (χ1n) is 5.26. The van der Waals surface area contributed by atoms with Crippen LogP contribution in [0, 0.1) is 10.1 Å². The summed E-state index contributed by atoms with van der Waals surface area (Å²) in [6, 6.07) is 7.70. The van der Waals surface area contributed by atoms with Gasteiger partial charge in [-0.15, -0.1) is 10.1 Å². The Bertz CT molecular complexity index is 447. The fourth-order valence-electron chi connectivity index (χ4n) is 3.07. The van der Waals surface area contributed by atoms with Crippen molar-refractivity contribution < 1.29 is 15.0 Å². The Kier molecular flexibility index (Phi) is 1.91. The third-order valence-electron chi connectivity index (χ3n) is 3.64. The van der Waals surface area contributed by atoms with E-state index in [0.29, 0.717) is 6.42 Å². The normalized spacial score (nSPS) is 34.8. The van der Waals surface area contributed by atoms with Crippen molar-refractivity contribution in [3.05, 3.63) is 45.5 Å². The highest BCUT2D eigenvalue weighted by molar-refractivity contribution is 5.44. The minimum absolute atomic E-state index is 0.00819. The molecule has 16 heavy (non-hydrogen) atoms. The lowest BCUT2D eigenvalue weighted by Crippen LogP contribution is -2.24. The average molecular weight is 221 g/mol. The summed E-state index contributed by atoms with van der Waals surface area (Å²) < 4.78 is 0. The second kappa shape index (κ2) is 3.18. The number of hydrogen-bond donors (Lipinski definition) is 1. The highest BCUT2D eigenvalue weighted by Gasteiger charge is 2.52. The molecule has 0 aromatic heterocycles. The molecular formula is C11H11NO4. The average Bonchev–Trinajstić information content (AvgIpc) is 2.69. The molecule has 5 nitrogen and oxygen atoms in total. The fraction of sp³-hybridized carbons (Fsp3) is 0.455. The standard InChI is InChI=1S/C11H11NO4/c13-11-8-5-9(16-12(14)15)10(11)7-4-2-1-3-6(7)8/h1-4,8-11,13H,5H2/t8-,9+,10-,11-/m1/s1. The summed E-state index contributed by atoms with van der Waals surface area (Å²) in [4.78, 5) is 15.0. The van der Waals surface area contributed by atoms with Crippen LogP contribution < -0.4 is 0 Å². The quantitative estimate of drug-likeness (QED) is 0.601. The predicted molar refractivity (Wildman–Crippen MR) is 54.4 cm³/mol. The van der Waals surface area contributed by atoms with Gasteiger partial charge in [0.25, 0.3) is 5.09 Å². The molecule has 1 saturated carbocycles. The van der Waals surface area contributed by atoms with Gasteiger partial charge >= 0.3 is 0 Å². The largest absolute Gasteiger partial charge is 0.392 e. The Labute approximate surface area is 91.8 Å². The van der Waals surface area contributed by atoms with Gasteiger partial charge in [-0.05, 0) is 17.5 Å². The summed E-state index contributed by atoms with van der Waals surface area (Å²) in [5.41, 5.74) is 2.11. The molecule has 1 aromatic rings. The van der Waals surface area contributed by atoms with E-state index >= 15 is 0 Å². The van der Waals surface area contributed by atoms with Crippen LogP contribution in [0.3, 0.4) is 0 Å². The Hall–Kier alpha value is -1.62. The van der Waals surface area contributed by atoms with Gasteiger partial charge in [-0.1, -0.05) is 24.3 Å². The lowest BCUT2D eigenvalue weighted by Gasteiger charge is -2.21. The van der Waals surface area contributed by atoms with Crippen LogP contribution in [0.15, 0.2) is 24.3 Å². The van der Waals surface area contributed by atoms with Crippen molar-refractivity contribution in [1.29, 1.82) is 0 Å². The number of aliphatic hydroxyl groups excluding tert-OH is 1. The van der Waals surface area contributed by atoms with Crippen LogP contribution in [0.5, 0.6) is 0 Å². The Morgan fingerprint density at radius 3 is 2.75 bits per heavy atom. The molecule has 0 unspecified atom stereocenters. The third-order valence-corrected chi connectivity index (χ3v) is 3.64. The molecule has 2 aliphatic carbocycles. The number of benzene rings is 1. The zero-order chi connectivity index (χ0) is 11.3. The van der Waals surface area contributed by atoms with Gasteiger partial charge < -0.3 is 9.94 Å². The minimum Gasteiger partial charge on any atom is -0.392 e. The molecule has 0 amide bonds. The molecule has 0 spiro atoms. The Morgan fingerprint density at radius 2 is 2.06 bits per heavy atom. The Balaban J connectivity index is 1.97. The van der Waals surface area contributed by atoms with Gasteiger partial charge in [0.1, 0.15) is 6.10 Å². The van der Waals surface area contributed by atoms with Crippen molar-refractivity contribution in [3.63, 3.8) is 0 Å². The van der Waals surface area contributed by atoms with Gasteiger partial charge in [-0.2, -0.15) is 0 Å². The van der Waals surface area contributed by atoms with Gasteiger partial charge in [0.2, 0.25) is 0 Å². The second-order valence-corrected chi connectivity index (χ2v) is 4.35.